The average Bonchev–Trinajstić information content (AvgIpc) is 2.32. The van der Waals surface area contributed by atoms with Crippen LogP contribution in [-0.4, -0.2) is 0 Å². The fraction of sp³-hybridized carbons (Fsp3) is 0.0714. The predicted octanol–water partition coefficient (Wildman–Crippen LogP) is 4.78. The second-order valence-corrected chi connectivity index (χ2v) is 5.62. The lowest BCUT2D eigenvalue weighted by atomic mass is 10.1. The number of halogens is 1. The molecule has 0 aliphatic rings. The number of hydrogen-bond donors (Lipinski definition) is 0. The molecule has 0 fully saturated rings. The SMILES string of the molecule is Cc1cccc(C#N)c1Sc1cccc(Br)c1. The highest BCUT2D eigenvalue weighted by atomic mass is 79.9. The molecule has 0 spiro atoms. The Morgan fingerprint density at radius 2 is 1.94 bits per heavy atom. The molecule has 2 rings (SSSR count). The number of nitrogens with zero attached hydrogens (tertiary/aromatic N) is 1. The molecule has 3 heteroatoms. The summed E-state index contributed by atoms with van der Waals surface area (Å²) in [6.07, 6.45) is 0. The Balaban J connectivity index is 2.40. The third-order valence-electron chi connectivity index (χ3n) is 2.35. The van der Waals surface area contributed by atoms with E-state index in [9.17, 15) is 0 Å². The zero-order chi connectivity index (χ0) is 12.3. The van der Waals surface area contributed by atoms with Gasteiger partial charge in [0, 0.05) is 14.3 Å². The highest BCUT2D eigenvalue weighted by Crippen LogP contribution is 2.33. The fourth-order valence-electron chi connectivity index (χ4n) is 1.52. The van der Waals surface area contributed by atoms with Crippen LogP contribution in [0.25, 0.3) is 0 Å². The first-order chi connectivity index (χ1) is 8.20. The van der Waals surface area contributed by atoms with Crippen LogP contribution in [0.5, 0.6) is 0 Å². The zero-order valence-corrected chi connectivity index (χ0v) is 11.7. The molecule has 0 aliphatic heterocycles. The summed E-state index contributed by atoms with van der Waals surface area (Å²) in [5.74, 6) is 0. The summed E-state index contributed by atoms with van der Waals surface area (Å²) in [7, 11) is 0. The summed E-state index contributed by atoms with van der Waals surface area (Å²) in [6.45, 7) is 2.03. The van der Waals surface area contributed by atoms with Gasteiger partial charge in [0.25, 0.3) is 0 Å². The van der Waals surface area contributed by atoms with Crippen LogP contribution in [0.15, 0.2) is 56.7 Å². The fourth-order valence-corrected chi connectivity index (χ4v) is 3.10. The van der Waals surface area contributed by atoms with Crippen LogP contribution in [0.1, 0.15) is 11.1 Å². The molecule has 0 unspecified atom stereocenters. The van der Waals surface area contributed by atoms with Gasteiger partial charge in [-0.15, -0.1) is 0 Å². The standard InChI is InChI=1S/C14H10BrNS/c1-10-4-2-5-11(9-16)14(10)17-13-7-3-6-12(15)8-13/h2-8H,1H3. The first-order valence-corrected chi connectivity index (χ1v) is 6.75. The summed E-state index contributed by atoms with van der Waals surface area (Å²) in [5.41, 5.74) is 1.86. The molecule has 0 saturated heterocycles. The van der Waals surface area contributed by atoms with Crippen LogP contribution in [0, 0.1) is 18.3 Å². The van der Waals surface area contributed by atoms with Gasteiger partial charge in [-0.25, -0.2) is 0 Å². The number of rotatable bonds is 2. The molecule has 0 N–H and O–H groups in total. The molecule has 0 amide bonds. The van der Waals surface area contributed by atoms with E-state index in [2.05, 4.69) is 28.1 Å². The molecule has 2 aromatic carbocycles. The quantitative estimate of drug-likeness (QED) is 0.797. The van der Waals surface area contributed by atoms with Gasteiger partial charge in [-0.3, -0.25) is 0 Å². The summed E-state index contributed by atoms with van der Waals surface area (Å²) >= 11 is 5.08. The first kappa shape index (κ1) is 12.2. The van der Waals surface area contributed by atoms with E-state index in [0.717, 1.165) is 25.4 Å². The second-order valence-electron chi connectivity index (χ2n) is 3.62. The van der Waals surface area contributed by atoms with E-state index < -0.39 is 0 Å². The zero-order valence-electron chi connectivity index (χ0n) is 9.27. The molecule has 0 radical (unpaired) electrons. The van der Waals surface area contributed by atoms with Crippen LogP contribution in [0.2, 0.25) is 0 Å². The predicted molar refractivity (Wildman–Crippen MR) is 74.2 cm³/mol. The molecule has 2 aromatic rings. The summed E-state index contributed by atoms with van der Waals surface area (Å²) < 4.78 is 1.05. The second kappa shape index (κ2) is 5.39. The van der Waals surface area contributed by atoms with Crippen molar-refractivity contribution in [1.29, 1.82) is 5.26 Å². The number of benzene rings is 2. The van der Waals surface area contributed by atoms with Gasteiger partial charge in [0.05, 0.1) is 5.56 Å². The van der Waals surface area contributed by atoms with Gasteiger partial charge in [0.2, 0.25) is 0 Å². The highest BCUT2D eigenvalue weighted by molar-refractivity contribution is 9.10. The first-order valence-electron chi connectivity index (χ1n) is 5.14. The van der Waals surface area contributed by atoms with E-state index in [1.54, 1.807) is 11.8 Å². The van der Waals surface area contributed by atoms with Crippen LogP contribution >= 0.6 is 27.7 Å². The van der Waals surface area contributed by atoms with Crippen molar-refractivity contribution in [2.24, 2.45) is 0 Å². The molecular weight excluding hydrogens is 294 g/mol. The molecule has 0 atom stereocenters. The van der Waals surface area contributed by atoms with Gasteiger partial charge >= 0.3 is 0 Å². The molecule has 0 saturated carbocycles. The highest BCUT2D eigenvalue weighted by Gasteiger charge is 2.07. The van der Waals surface area contributed by atoms with Crippen molar-refractivity contribution in [2.75, 3.05) is 0 Å². The van der Waals surface area contributed by atoms with Gasteiger partial charge in [-0.05, 0) is 36.8 Å². The largest absolute Gasteiger partial charge is 0.192 e. The molecular formula is C14H10BrNS. The van der Waals surface area contributed by atoms with E-state index in [4.69, 9.17) is 5.26 Å². The Labute approximate surface area is 114 Å². The van der Waals surface area contributed by atoms with Crippen LogP contribution in [0.4, 0.5) is 0 Å². The molecule has 17 heavy (non-hydrogen) atoms. The Kier molecular flexibility index (Phi) is 3.88. The van der Waals surface area contributed by atoms with Crippen molar-refractivity contribution >= 4 is 27.7 Å². The monoisotopic (exact) mass is 303 g/mol. The molecule has 84 valence electrons. The maximum absolute atomic E-state index is 9.10. The average molecular weight is 304 g/mol. The minimum absolute atomic E-state index is 0.731. The van der Waals surface area contributed by atoms with E-state index in [1.807, 2.05) is 43.3 Å². The van der Waals surface area contributed by atoms with Gasteiger partial charge in [-0.1, -0.05) is 45.9 Å². The van der Waals surface area contributed by atoms with Crippen LogP contribution in [-0.2, 0) is 0 Å². The lowest BCUT2D eigenvalue weighted by Crippen LogP contribution is -1.85. The van der Waals surface area contributed by atoms with Gasteiger partial charge < -0.3 is 0 Å². The van der Waals surface area contributed by atoms with Gasteiger partial charge in [0.1, 0.15) is 6.07 Å². The van der Waals surface area contributed by atoms with Crippen molar-refractivity contribution < 1.29 is 0 Å². The van der Waals surface area contributed by atoms with E-state index in [0.29, 0.717) is 0 Å². The van der Waals surface area contributed by atoms with Crippen molar-refractivity contribution in [3.05, 3.63) is 58.1 Å². The lowest BCUT2D eigenvalue weighted by Gasteiger charge is -2.07. The van der Waals surface area contributed by atoms with Gasteiger partial charge in [-0.2, -0.15) is 5.26 Å². The third kappa shape index (κ3) is 2.91. The number of hydrogen-bond acceptors (Lipinski definition) is 2. The molecule has 1 nitrogen and oxygen atoms in total. The molecule has 0 aromatic heterocycles. The Morgan fingerprint density at radius 1 is 1.18 bits per heavy atom. The normalized spacial score (nSPS) is 9.94. The third-order valence-corrected chi connectivity index (χ3v) is 4.08. The topological polar surface area (TPSA) is 23.8 Å². The lowest BCUT2D eigenvalue weighted by molar-refractivity contribution is 1.25. The van der Waals surface area contributed by atoms with Crippen molar-refractivity contribution in [3.63, 3.8) is 0 Å². The smallest absolute Gasteiger partial charge is 0.100 e. The summed E-state index contributed by atoms with van der Waals surface area (Å²) in [6, 6.07) is 16.1. The summed E-state index contributed by atoms with van der Waals surface area (Å²) in [4.78, 5) is 2.17. The maximum atomic E-state index is 9.10. The number of aryl methyl sites for hydroxylation is 1. The molecule has 0 heterocycles. The van der Waals surface area contributed by atoms with Crippen molar-refractivity contribution in [2.45, 2.75) is 16.7 Å². The summed E-state index contributed by atoms with van der Waals surface area (Å²) in [5, 5.41) is 9.10. The van der Waals surface area contributed by atoms with E-state index in [1.165, 1.54) is 0 Å². The van der Waals surface area contributed by atoms with Crippen LogP contribution < -0.4 is 0 Å². The van der Waals surface area contributed by atoms with E-state index in [-0.39, 0.29) is 0 Å². The molecule has 0 bridgehead atoms. The Hall–Kier alpha value is -1.24. The maximum Gasteiger partial charge on any atom is 0.100 e. The van der Waals surface area contributed by atoms with Gasteiger partial charge in [0.15, 0.2) is 0 Å². The minimum atomic E-state index is 0.731. The van der Waals surface area contributed by atoms with E-state index >= 15 is 0 Å². The van der Waals surface area contributed by atoms with Crippen LogP contribution in [0.3, 0.4) is 0 Å². The molecule has 0 aliphatic carbocycles. The minimum Gasteiger partial charge on any atom is -0.192 e. The Bertz CT molecular complexity index is 587. The Morgan fingerprint density at radius 3 is 2.65 bits per heavy atom. The van der Waals surface area contributed by atoms with Crippen molar-refractivity contribution in [1.82, 2.24) is 0 Å². The number of nitriles is 1. The van der Waals surface area contributed by atoms with Crippen molar-refractivity contribution in [3.8, 4) is 6.07 Å².